The van der Waals surface area contributed by atoms with Crippen LogP contribution in [0.15, 0.2) is 18.3 Å². The monoisotopic (exact) mass is 391 g/mol. The Morgan fingerprint density at radius 3 is 2.62 bits per heavy atom. The molecule has 1 amide bonds. The lowest BCUT2D eigenvalue weighted by atomic mass is 10.1. The van der Waals surface area contributed by atoms with Gasteiger partial charge in [0.05, 0.1) is 0 Å². The number of nitrogens with zero attached hydrogens (tertiary/aromatic N) is 1. The predicted octanol–water partition coefficient (Wildman–Crippen LogP) is 3.11. The molecule has 0 fully saturated rings. The van der Waals surface area contributed by atoms with Crippen LogP contribution in [0, 0.1) is 0 Å². The number of nitrogens with one attached hydrogen (secondary N) is 1. The number of rotatable bonds is 8. The molecular weight excluding hydrogens is 370 g/mol. The number of carbonyl (C=O) groups is 1. The molecule has 10 heteroatoms. The average Bonchev–Trinajstić information content (AvgIpc) is 2.48. The molecule has 1 aromatic heterocycles. The van der Waals surface area contributed by atoms with Crippen molar-refractivity contribution >= 4 is 30.7 Å². The van der Waals surface area contributed by atoms with Gasteiger partial charge in [0.25, 0.3) is 5.91 Å². The van der Waals surface area contributed by atoms with Crippen LogP contribution in [0.2, 0.25) is 0 Å². The van der Waals surface area contributed by atoms with Crippen molar-refractivity contribution in [2.24, 2.45) is 5.73 Å². The molecule has 0 saturated heterocycles. The molecule has 0 saturated carbocycles. The van der Waals surface area contributed by atoms with Gasteiger partial charge < -0.3 is 15.8 Å². The molecule has 0 aliphatic rings. The van der Waals surface area contributed by atoms with Crippen LogP contribution in [0.3, 0.4) is 0 Å². The quantitative estimate of drug-likeness (QED) is 0.713. The summed E-state index contributed by atoms with van der Waals surface area (Å²) in [5.41, 5.74) is 5.54. The second-order valence-corrected chi connectivity index (χ2v) is 4.81. The van der Waals surface area contributed by atoms with Crippen molar-refractivity contribution in [3.63, 3.8) is 0 Å². The molecule has 1 atom stereocenters. The Labute approximate surface area is 151 Å². The van der Waals surface area contributed by atoms with E-state index >= 15 is 0 Å². The largest absolute Gasteiger partial charge is 0.467 e. The van der Waals surface area contributed by atoms with Gasteiger partial charge in [-0.2, -0.15) is 13.2 Å². The Morgan fingerprint density at radius 1 is 1.42 bits per heavy atom. The second-order valence-electron chi connectivity index (χ2n) is 4.81. The Balaban J connectivity index is 0. The van der Waals surface area contributed by atoms with E-state index in [4.69, 9.17) is 5.73 Å². The highest BCUT2D eigenvalue weighted by Gasteiger charge is 2.29. The SMILES string of the molecule is CCCCC(CN)NC(=O)c1cccnc1OCC(F)(F)F.Cl.Cl. The van der Waals surface area contributed by atoms with Crippen LogP contribution < -0.4 is 15.8 Å². The Hall–Kier alpha value is -1.25. The molecule has 5 nitrogen and oxygen atoms in total. The summed E-state index contributed by atoms with van der Waals surface area (Å²) >= 11 is 0. The first-order chi connectivity index (χ1) is 10.4. The van der Waals surface area contributed by atoms with Gasteiger partial charge in [0.15, 0.2) is 6.61 Å². The third-order valence-corrected chi connectivity index (χ3v) is 2.91. The van der Waals surface area contributed by atoms with E-state index in [0.717, 1.165) is 12.8 Å². The molecule has 0 bridgehead atoms. The van der Waals surface area contributed by atoms with E-state index in [1.54, 1.807) is 0 Å². The molecule has 0 aromatic carbocycles. The highest BCUT2D eigenvalue weighted by Crippen LogP contribution is 2.20. The van der Waals surface area contributed by atoms with E-state index in [1.807, 2.05) is 6.92 Å². The van der Waals surface area contributed by atoms with E-state index in [0.29, 0.717) is 6.42 Å². The van der Waals surface area contributed by atoms with Crippen molar-refractivity contribution in [2.45, 2.75) is 38.4 Å². The van der Waals surface area contributed by atoms with Crippen LogP contribution in [0.1, 0.15) is 36.5 Å². The average molecular weight is 392 g/mol. The summed E-state index contributed by atoms with van der Waals surface area (Å²) in [6.07, 6.45) is -0.671. The first kappa shape index (κ1) is 25.0. The fourth-order valence-corrected chi connectivity index (χ4v) is 1.79. The van der Waals surface area contributed by atoms with Crippen LogP contribution in [0.4, 0.5) is 13.2 Å². The third-order valence-electron chi connectivity index (χ3n) is 2.91. The molecule has 0 aliphatic carbocycles. The van der Waals surface area contributed by atoms with Crippen molar-refractivity contribution in [3.05, 3.63) is 23.9 Å². The first-order valence-corrected chi connectivity index (χ1v) is 7.03. The van der Waals surface area contributed by atoms with Crippen LogP contribution >= 0.6 is 24.8 Å². The number of pyridine rings is 1. The molecule has 3 N–H and O–H groups in total. The lowest BCUT2D eigenvalue weighted by molar-refractivity contribution is -0.154. The molecule has 1 unspecified atom stereocenters. The summed E-state index contributed by atoms with van der Waals surface area (Å²) in [6.45, 7) is 0.769. The molecule has 0 aliphatic heterocycles. The standard InChI is InChI=1S/C14H20F3N3O2.2ClH/c1-2-3-5-10(8-18)20-12(21)11-6-4-7-19-13(11)22-9-14(15,16)17;;/h4,6-7,10H,2-3,5,8-9,18H2,1H3,(H,20,21);2*1H. The molecule has 0 radical (unpaired) electrons. The van der Waals surface area contributed by atoms with Gasteiger partial charge in [-0.3, -0.25) is 4.79 Å². The van der Waals surface area contributed by atoms with Gasteiger partial charge in [0.2, 0.25) is 5.88 Å². The van der Waals surface area contributed by atoms with Gasteiger partial charge in [-0.1, -0.05) is 19.8 Å². The summed E-state index contributed by atoms with van der Waals surface area (Å²) in [6, 6.07) is 2.59. The van der Waals surface area contributed by atoms with Crippen molar-refractivity contribution in [3.8, 4) is 5.88 Å². The minimum Gasteiger partial charge on any atom is -0.467 e. The van der Waals surface area contributed by atoms with E-state index in [2.05, 4.69) is 15.0 Å². The summed E-state index contributed by atoms with van der Waals surface area (Å²) < 4.78 is 41.2. The van der Waals surface area contributed by atoms with E-state index in [-0.39, 0.29) is 48.8 Å². The van der Waals surface area contributed by atoms with Crippen molar-refractivity contribution < 1.29 is 22.7 Å². The molecule has 1 heterocycles. The Morgan fingerprint density at radius 2 is 2.08 bits per heavy atom. The normalized spacial score (nSPS) is 11.7. The fourth-order valence-electron chi connectivity index (χ4n) is 1.79. The zero-order valence-corrected chi connectivity index (χ0v) is 14.8. The maximum absolute atomic E-state index is 12.2. The minimum atomic E-state index is -4.49. The third kappa shape index (κ3) is 9.14. The summed E-state index contributed by atoms with van der Waals surface area (Å²) in [7, 11) is 0. The number of hydrogen-bond acceptors (Lipinski definition) is 4. The number of carbonyl (C=O) groups excluding carboxylic acids is 1. The van der Waals surface area contributed by atoms with E-state index in [1.165, 1.54) is 18.3 Å². The van der Waals surface area contributed by atoms with Gasteiger partial charge >= 0.3 is 6.18 Å². The zero-order chi connectivity index (χ0) is 16.6. The maximum atomic E-state index is 12.2. The van der Waals surface area contributed by atoms with Crippen molar-refractivity contribution in [2.75, 3.05) is 13.2 Å². The van der Waals surface area contributed by atoms with Gasteiger partial charge in [0.1, 0.15) is 5.56 Å². The summed E-state index contributed by atoms with van der Waals surface area (Å²) in [4.78, 5) is 15.8. The predicted molar refractivity (Wildman–Crippen MR) is 90.1 cm³/mol. The van der Waals surface area contributed by atoms with Crippen LogP contribution in [-0.2, 0) is 0 Å². The fraction of sp³-hybridized carbons (Fsp3) is 0.571. The number of hydrogen-bond donors (Lipinski definition) is 2. The summed E-state index contributed by atoms with van der Waals surface area (Å²) in [5, 5.41) is 2.69. The number of amides is 1. The van der Waals surface area contributed by atoms with Crippen LogP contribution in [0.25, 0.3) is 0 Å². The lowest BCUT2D eigenvalue weighted by Gasteiger charge is -2.17. The molecule has 140 valence electrons. The van der Waals surface area contributed by atoms with Crippen molar-refractivity contribution in [1.29, 1.82) is 0 Å². The highest BCUT2D eigenvalue weighted by atomic mass is 35.5. The highest BCUT2D eigenvalue weighted by molar-refractivity contribution is 5.96. The number of alkyl halides is 3. The topological polar surface area (TPSA) is 77.2 Å². The van der Waals surface area contributed by atoms with Crippen LogP contribution in [0.5, 0.6) is 5.88 Å². The van der Waals surface area contributed by atoms with Gasteiger partial charge in [-0.25, -0.2) is 4.98 Å². The molecule has 24 heavy (non-hydrogen) atoms. The van der Waals surface area contributed by atoms with Gasteiger partial charge in [-0.15, -0.1) is 24.8 Å². The number of ether oxygens (including phenoxy) is 1. The molecular formula is C14H22Cl2F3N3O2. The van der Waals surface area contributed by atoms with Gasteiger partial charge in [0, 0.05) is 18.8 Å². The number of nitrogens with two attached hydrogens (primary N) is 1. The number of aromatic nitrogens is 1. The molecule has 1 rings (SSSR count). The van der Waals surface area contributed by atoms with Gasteiger partial charge in [-0.05, 0) is 18.6 Å². The second kappa shape index (κ2) is 12.2. The minimum absolute atomic E-state index is 0. The Kier molecular flexibility index (Phi) is 12.7. The maximum Gasteiger partial charge on any atom is 0.422 e. The molecule has 0 spiro atoms. The first-order valence-electron chi connectivity index (χ1n) is 7.03. The van der Waals surface area contributed by atoms with Crippen LogP contribution in [-0.4, -0.2) is 36.3 Å². The van der Waals surface area contributed by atoms with E-state index < -0.39 is 18.7 Å². The van der Waals surface area contributed by atoms with E-state index in [9.17, 15) is 18.0 Å². The van der Waals surface area contributed by atoms with Crippen molar-refractivity contribution in [1.82, 2.24) is 10.3 Å². The lowest BCUT2D eigenvalue weighted by Crippen LogP contribution is -2.40. The smallest absolute Gasteiger partial charge is 0.422 e. The summed E-state index contributed by atoms with van der Waals surface area (Å²) in [5.74, 6) is -0.889. The zero-order valence-electron chi connectivity index (χ0n) is 13.1. The number of unbranched alkanes of at least 4 members (excludes halogenated alkanes) is 1. The Bertz CT molecular complexity index is 491. The molecule has 1 aromatic rings. The number of halogens is 5.